The number of benzene rings is 1. The largest absolute Gasteiger partial charge is 0.480 e. The number of carboxylic acid groups (broad SMARTS) is 1. The van der Waals surface area contributed by atoms with E-state index in [0.29, 0.717) is 0 Å². The van der Waals surface area contributed by atoms with Gasteiger partial charge in [0, 0.05) is 0 Å². The lowest BCUT2D eigenvalue weighted by molar-refractivity contribution is -0.141. The molecule has 0 unspecified atom stereocenters. The van der Waals surface area contributed by atoms with Crippen LogP contribution in [0.2, 0.25) is 10.0 Å². The third-order valence-electron chi connectivity index (χ3n) is 2.23. The van der Waals surface area contributed by atoms with Gasteiger partial charge in [0.1, 0.15) is 6.04 Å². The first kappa shape index (κ1) is 16.2. The number of aliphatic hydroxyl groups is 1. The molecule has 0 aliphatic rings. The van der Waals surface area contributed by atoms with E-state index in [2.05, 4.69) is 0 Å². The number of rotatable bonds is 5. The molecular weight excluding hydrogens is 317 g/mol. The van der Waals surface area contributed by atoms with Crippen LogP contribution >= 0.6 is 23.2 Å². The van der Waals surface area contributed by atoms with Gasteiger partial charge in [0.05, 0.1) is 21.0 Å². The summed E-state index contributed by atoms with van der Waals surface area (Å²) >= 11 is 11.3. The summed E-state index contributed by atoms with van der Waals surface area (Å²) in [6.07, 6.45) is -1.39. The van der Waals surface area contributed by atoms with Crippen LogP contribution < -0.4 is 4.72 Å². The Hall–Kier alpha value is -0.860. The monoisotopic (exact) mass is 327 g/mol. The van der Waals surface area contributed by atoms with E-state index < -0.39 is 28.1 Å². The first-order valence-corrected chi connectivity index (χ1v) is 7.27. The van der Waals surface area contributed by atoms with Gasteiger partial charge in [0.2, 0.25) is 10.0 Å². The van der Waals surface area contributed by atoms with E-state index in [-0.39, 0.29) is 14.9 Å². The molecule has 1 aromatic rings. The summed E-state index contributed by atoms with van der Waals surface area (Å²) in [5.74, 6) is -1.49. The van der Waals surface area contributed by atoms with Gasteiger partial charge in [0.25, 0.3) is 0 Å². The van der Waals surface area contributed by atoms with Crippen LogP contribution in [0.3, 0.4) is 0 Å². The molecule has 0 bridgehead atoms. The molecule has 6 nitrogen and oxygen atoms in total. The van der Waals surface area contributed by atoms with Crippen LogP contribution in [0.1, 0.15) is 6.92 Å². The minimum Gasteiger partial charge on any atom is -0.480 e. The molecule has 0 heterocycles. The topological polar surface area (TPSA) is 104 Å². The van der Waals surface area contributed by atoms with Crippen molar-refractivity contribution in [1.82, 2.24) is 4.72 Å². The average Bonchev–Trinajstić information content (AvgIpc) is 2.28. The lowest BCUT2D eigenvalue weighted by atomic mass is 10.2. The van der Waals surface area contributed by atoms with E-state index in [4.69, 9.17) is 28.3 Å². The molecule has 106 valence electrons. The maximum Gasteiger partial charge on any atom is 0.324 e. The first-order valence-electron chi connectivity index (χ1n) is 5.03. The molecule has 0 amide bonds. The van der Waals surface area contributed by atoms with Gasteiger partial charge in [-0.3, -0.25) is 4.79 Å². The lowest BCUT2D eigenvalue weighted by Crippen LogP contribution is -2.47. The number of hydrogen-bond acceptors (Lipinski definition) is 4. The number of aliphatic carboxylic acids is 1. The number of aliphatic hydroxyl groups excluding tert-OH is 1. The summed E-state index contributed by atoms with van der Waals surface area (Å²) in [4.78, 5) is 10.6. The smallest absolute Gasteiger partial charge is 0.324 e. The Balaban J connectivity index is 3.10. The summed E-state index contributed by atoms with van der Waals surface area (Å²) in [6, 6.07) is 1.89. The second-order valence-corrected chi connectivity index (χ2v) is 6.28. The van der Waals surface area contributed by atoms with Gasteiger partial charge in [-0.25, -0.2) is 8.42 Å². The minimum atomic E-state index is -4.12. The molecule has 19 heavy (non-hydrogen) atoms. The fourth-order valence-corrected chi connectivity index (χ4v) is 2.89. The number of nitrogens with one attached hydrogen (secondary N) is 1. The molecule has 0 fully saturated rings. The van der Waals surface area contributed by atoms with Crippen LogP contribution in [0.25, 0.3) is 0 Å². The first-order chi connectivity index (χ1) is 8.65. The Bertz CT molecular complexity index is 588. The molecule has 0 saturated carbocycles. The zero-order chi connectivity index (χ0) is 14.8. The van der Waals surface area contributed by atoms with Crippen molar-refractivity contribution in [1.29, 1.82) is 0 Å². The summed E-state index contributed by atoms with van der Waals surface area (Å²) in [6.45, 7) is 1.16. The van der Waals surface area contributed by atoms with E-state index in [1.807, 2.05) is 4.72 Å². The lowest BCUT2D eigenvalue weighted by Gasteiger charge is -2.17. The second-order valence-electron chi connectivity index (χ2n) is 3.75. The number of carboxylic acids is 1. The van der Waals surface area contributed by atoms with E-state index in [1.54, 1.807) is 0 Å². The van der Waals surface area contributed by atoms with Crippen molar-refractivity contribution >= 4 is 39.2 Å². The average molecular weight is 328 g/mol. The highest BCUT2D eigenvalue weighted by Crippen LogP contribution is 2.24. The molecule has 0 saturated heterocycles. The molecule has 2 atom stereocenters. The van der Waals surface area contributed by atoms with Crippen LogP contribution in [-0.2, 0) is 14.8 Å². The van der Waals surface area contributed by atoms with E-state index in [1.165, 1.54) is 12.1 Å². The van der Waals surface area contributed by atoms with Crippen molar-refractivity contribution in [3.63, 3.8) is 0 Å². The quantitative estimate of drug-likeness (QED) is 0.751. The van der Waals surface area contributed by atoms with Crippen molar-refractivity contribution in [2.24, 2.45) is 0 Å². The molecule has 0 radical (unpaired) electrons. The van der Waals surface area contributed by atoms with E-state index in [0.717, 1.165) is 13.0 Å². The standard InChI is InChI=1S/C10H11Cl2NO5S/c1-5(14)9(10(15)16)13-19(17,18)6-2-3-7(11)8(12)4-6/h2-5,9,13-14H,1H3,(H,15,16)/t5-,9-/m1/s1. The molecule has 1 aromatic carbocycles. The fourth-order valence-electron chi connectivity index (χ4n) is 1.23. The van der Waals surface area contributed by atoms with Crippen LogP contribution in [0.4, 0.5) is 0 Å². The maximum atomic E-state index is 11.9. The van der Waals surface area contributed by atoms with Crippen molar-refractivity contribution in [2.75, 3.05) is 0 Å². The van der Waals surface area contributed by atoms with E-state index in [9.17, 15) is 18.3 Å². The number of carbonyl (C=O) groups is 1. The SMILES string of the molecule is C[C@@H](O)[C@@H](NS(=O)(=O)c1ccc(Cl)c(Cl)c1)C(=O)O. The van der Waals surface area contributed by atoms with Crippen LogP contribution in [-0.4, -0.2) is 36.7 Å². The van der Waals surface area contributed by atoms with E-state index >= 15 is 0 Å². The Morgan fingerprint density at radius 2 is 1.89 bits per heavy atom. The van der Waals surface area contributed by atoms with Gasteiger partial charge in [0.15, 0.2) is 0 Å². The summed E-state index contributed by atoms with van der Waals surface area (Å²) in [7, 11) is -4.12. The Kier molecular flexibility index (Phi) is 5.17. The molecular formula is C10H11Cl2NO5S. The van der Waals surface area contributed by atoms with Crippen LogP contribution in [0, 0.1) is 0 Å². The van der Waals surface area contributed by atoms with Gasteiger partial charge in [-0.05, 0) is 25.1 Å². The summed E-state index contributed by atoms with van der Waals surface area (Å²) in [5.41, 5.74) is 0. The van der Waals surface area contributed by atoms with Gasteiger partial charge in [-0.2, -0.15) is 4.72 Å². The maximum absolute atomic E-state index is 11.9. The highest BCUT2D eigenvalue weighted by atomic mass is 35.5. The highest BCUT2D eigenvalue weighted by Gasteiger charge is 2.29. The minimum absolute atomic E-state index is 0.0217. The Morgan fingerprint density at radius 3 is 2.32 bits per heavy atom. The molecule has 1 rings (SSSR count). The van der Waals surface area contributed by atoms with Crippen molar-refractivity contribution in [3.05, 3.63) is 28.2 Å². The Morgan fingerprint density at radius 1 is 1.32 bits per heavy atom. The van der Waals surface area contributed by atoms with Crippen LogP contribution in [0.5, 0.6) is 0 Å². The van der Waals surface area contributed by atoms with Gasteiger partial charge in [-0.1, -0.05) is 23.2 Å². The number of hydrogen-bond donors (Lipinski definition) is 3. The molecule has 9 heteroatoms. The predicted octanol–water partition coefficient (Wildman–Crippen LogP) is 1.11. The predicted molar refractivity (Wildman–Crippen MR) is 69.9 cm³/mol. The van der Waals surface area contributed by atoms with Crippen molar-refractivity contribution in [2.45, 2.75) is 24.0 Å². The third-order valence-corrected chi connectivity index (χ3v) is 4.41. The zero-order valence-electron chi connectivity index (χ0n) is 9.67. The number of sulfonamides is 1. The van der Waals surface area contributed by atoms with Gasteiger partial charge in [-0.15, -0.1) is 0 Å². The number of halogens is 2. The second kappa shape index (κ2) is 6.06. The highest BCUT2D eigenvalue weighted by molar-refractivity contribution is 7.89. The van der Waals surface area contributed by atoms with Crippen molar-refractivity contribution < 1.29 is 23.4 Å². The van der Waals surface area contributed by atoms with Crippen LogP contribution in [0.15, 0.2) is 23.1 Å². The van der Waals surface area contributed by atoms with Gasteiger partial charge >= 0.3 is 5.97 Å². The normalized spacial score (nSPS) is 14.9. The Labute approximate surface area is 120 Å². The summed E-state index contributed by atoms with van der Waals surface area (Å²) < 4.78 is 25.7. The molecule has 0 aromatic heterocycles. The molecule has 0 aliphatic heterocycles. The van der Waals surface area contributed by atoms with Gasteiger partial charge < -0.3 is 10.2 Å². The molecule has 3 N–H and O–H groups in total. The third kappa shape index (κ3) is 4.05. The van der Waals surface area contributed by atoms with Crippen molar-refractivity contribution in [3.8, 4) is 0 Å². The summed E-state index contributed by atoms with van der Waals surface area (Å²) in [5, 5.41) is 18.2. The molecule has 0 aliphatic carbocycles. The fraction of sp³-hybridized carbons (Fsp3) is 0.300. The zero-order valence-corrected chi connectivity index (χ0v) is 12.0. The molecule has 0 spiro atoms.